The lowest BCUT2D eigenvalue weighted by Crippen LogP contribution is -2.43. The molecular formula is C20H25N3O5S. The zero-order chi connectivity index (χ0) is 21.3. The first kappa shape index (κ1) is 21.1. The quantitative estimate of drug-likeness (QED) is 0.750. The Labute approximate surface area is 170 Å². The van der Waals surface area contributed by atoms with E-state index in [0.29, 0.717) is 18.5 Å². The molecule has 29 heavy (non-hydrogen) atoms. The lowest BCUT2D eigenvalue weighted by molar-refractivity contribution is -0.119. The van der Waals surface area contributed by atoms with Gasteiger partial charge in [0.15, 0.2) is 0 Å². The van der Waals surface area contributed by atoms with Gasteiger partial charge in [0.05, 0.1) is 7.11 Å². The first-order valence-corrected chi connectivity index (χ1v) is 10.7. The van der Waals surface area contributed by atoms with Gasteiger partial charge in [-0.3, -0.25) is 4.79 Å². The molecule has 1 aliphatic rings. The number of amides is 1. The summed E-state index contributed by atoms with van der Waals surface area (Å²) < 4.78 is 33.7. The van der Waals surface area contributed by atoms with E-state index in [-0.39, 0.29) is 23.0 Å². The molecule has 9 heteroatoms. The van der Waals surface area contributed by atoms with Gasteiger partial charge < -0.3 is 14.6 Å². The van der Waals surface area contributed by atoms with Crippen LogP contribution in [0.2, 0.25) is 0 Å². The number of rotatable bonds is 5. The highest BCUT2D eigenvalue weighted by Crippen LogP contribution is 2.28. The van der Waals surface area contributed by atoms with Crippen molar-refractivity contribution in [3.8, 4) is 0 Å². The third kappa shape index (κ3) is 4.06. The lowest BCUT2D eigenvalue weighted by atomic mass is 10.1. The number of ether oxygens (including phenoxy) is 1. The van der Waals surface area contributed by atoms with Crippen LogP contribution in [-0.4, -0.2) is 48.9 Å². The van der Waals surface area contributed by atoms with E-state index in [1.54, 1.807) is 7.05 Å². The molecule has 1 saturated heterocycles. The fourth-order valence-corrected chi connectivity index (χ4v) is 5.22. The second kappa shape index (κ2) is 8.00. The number of aromatic nitrogens is 1. The summed E-state index contributed by atoms with van der Waals surface area (Å²) in [6.07, 6.45) is 2.38. The van der Waals surface area contributed by atoms with Crippen molar-refractivity contribution in [1.29, 1.82) is 0 Å². The maximum atomic E-state index is 13.2. The number of anilines is 1. The van der Waals surface area contributed by atoms with Gasteiger partial charge in [0.25, 0.3) is 0 Å². The van der Waals surface area contributed by atoms with E-state index in [9.17, 15) is 18.0 Å². The second-order valence-corrected chi connectivity index (χ2v) is 9.14. The highest BCUT2D eigenvalue weighted by Gasteiger charge is 2.40. The van der Waals surface area contributed by atoms with Gasteiger partial charge in [-0.1, -0.05) is 12.1 Å². The molecule has 2 heterocycles. The zero-order valence-electron chi connectivity index (χ0n) is 16.9. The van der Waals surface area contributed by atoms with Gasteiger partial charge >= 0.3 is 5.97 Å². The number of hydrogen-bond donors (Lipinski definition) is 1. The number of nitrogens with zero attached hydrogens (tertiary/aromatic N) is 2. The van der Waals surface area contributed by atoms with Gasteiger partial charge in [-0.2, -0.15) is 4.31 Å². The van der Waals surface area contributed by atoms with Crippen LogP contribution in [0, 0.1) is 13.8 Å². The van der Waals surface area contributed by atoms with Crippen molar-refractivity contribution >= 4 is 27.6 Å². The number of hydrogen-bond acceptors (Lipinski definition) is 5. The van der Waals surface area contributed by atoms with Crippen LogP contribution in [0.5, 0.6) is 0 Å². The fraction of sp³-hybridized carbons (Fsp3) is 0.400. The van der Waals surface area contributed by atoms with E-state index in [4.69, 9.17) is 0 Å². The Bertz CT molecular complexity index is 1060. The first-order valence-electron chi connectivity index (χ1n) is 9.30. The zero-order valence-corrected chi connectivity index (χ0v) is 17.7. The first-order chi connectivity index (χ1) is 13.6. The molecule has 156 valence electrons. The molecule has 0 saturated carbocycles. The van der Waals surface area contributed by atoms with E-state index in [2.05, 4.69) is 10.1 Å². The predicted octanol–water partition coefficient (Wildman–Crippen LogP) is 2.22. The minimum Gasteiger partial charge on any atom is -0.464 e. The number of sulfonamides is 1. The molecule has 0 unspecified atom stereocenters. The third-order valence-corrected chi connectivity index (χ3v) is 7.01. The summed E-state index contributed by atoms with van der Waals surface area (Å²) in [4.78, 5) is 24.7. The molecular weight excluding hydrogens is 394 g/mol. The molecule has 1 atom stereocenters. The number of benzene rings is 1. The number of aryl methyl sites for hydroxylation is 3. The molecule has 1 aromatic carbocycles. The van der Waals surface area contributed by atoms with Crippen molar-refractivity contribution in [3.63, 3.8) is 0 Å². The van der Waals surface area contributed by atoms with Crippen molar-refractivity contribution in [3.05, 3.63) is 47.3 Å². The predicted molar refractivity (Wildman–Crippen MR) is 108 cm³/mol. The van der Waals surface area contributed by atoms with Gasteiger partial charge in [-0.05, 0) is 49.9 Å². The summed E-state index contributed by atoms with van der Waals surface area (Å²) in [7, 11) is -1.14. The van der Waals surface area contributed by atoms with Crippen LogP contribution in [0.25, 0.3) is 0 Å². The normalized spacial score (nSPS) is 17.3. The molecule has 1 amide bonds. The van der Waals surface area contributed by atoms with E-state index >= 15 is 0 Å². The molecule has 1 aliphatic heterocycles. The Balaban J connectivity index is 1.87. The minimum atomic E-state index is -3.94. The number of nitrogens with one attached hydrogen (secondary N) is 1. The van der Waals surface area contributed by atoms with Crippen LogP contribution in [0.3, 0.4) is 0 Å². The van der Waals surface area contributed by atoms with Crippen LogP contribution < -0.4 is 5.32 Å². The summed E-state index contributed by atoms with van der Waals surface area (Å²) >= 11 is 0. The van der Waals surface area contributed by atoms with Crippen LogP contribution in [0.1, 0.15) is 34.5 Å². The molecule has 0 bridgehead atoms. The van der Waals surface area contributed by atoms with Gasteiger partial charge in [0.2, 0.25) is 15.9 Å². The molecule has 8 nitrogen and oxygen atoms in total. The van der Waals surface area contributed by atoms with Crippen LogP contribution in [-0.2, 0) is 26.6 Å². The Kier molecular flexibility index (Phi) is 5.81. The number of carbonyl (C=O) groups excluding carboxylic acids is 2. The topological polar surface area (TPSA) is 97.7 Å². The van der Waals surface area contributed by atoms with Gasteiger partial charge in [0.1, 0.15) is 16.6 Å². The third-order valence-electron chi connectivity index (χ3n) is 5.14. The van der Waals surface area contributed by atoms with Gasteiger partial charge in [-0.25, -0.2) is 13.2 Å². The van der Waals surface area contributed by atoms with Crippen LogP contribution in [0.4, 0.5) is 5.69 Å². The van der Waals surface area contributed by atoms with E-state index in [1.165, 1.54) is 28.2 Å². The second-order valence-electron chi connectivity index (χ2n) is 7.24. The maximum Gasteiger partial charge on any atom is 0.354 e. The summed E-state index contributed by atoms with van der Waals surface area (Å²) in [6, 6.07) is 6.19. The van der Waals surface area contributed by atoms with Crippen molar-refractivity contribution in [1.82, 2.24) is 8.87 Å². The van der Waals surface area contributed by atoms with E-state index in [1.807, 2.05) is 32.0 Å². The van der Waals surface area contributed by atoms with E-state index in [0.717, 1.165) is 11.1 Å². The van der Waals surface area contributed by atoms with Crippen molar-refractivity contribution in [2.24, 2.45) is 7.05 Å². The molecule has 0 aliphatic carbocycles. The van der Waals surface area contributed by atoms with Crippen molar-refractivity contribution in [2.45, 2.75) is 37.6 Å². The smallest absolute Gasteiger partial charge is 0.354 e. The molecule has 3 rings (SSSR count). The standard InChI is InChI=1S/C20H25N3O5S/c1-13-7-8-14(2)16(10-13)21-19(24)17-6-5-9-23(17)29(26,27)15-11-18(20(25)28-4)22(3)12-15/h7-8,10-12,17H,5-6,9H2,1-4H3,(H,21,24)/t17-/m1/s1. The van der Waals surface area contributed by atoms with Gasteiger partial charge in [0, 0.05) is 25.5 Å². The highest BCUT2D eigenvalue weighted by molar-refractivity contribution is 7.89. The number of esters is 1. The molecule has 1 aromatic heterocycles. The highest BCUT2D eigenvalue weighted by atomic mass is 32.2. The number of methoxy groups -OCH3 is 1. The monoisotopic (exact) mass is 419 g/mol. The maximum absolute atomic E-state index is 13.2. The Morgan fingerprint density at radius 1 is 1.21 bits per heavy atom. The Hall–Kier alpha value is -2.65. The summed E-state index contributed by atoms with van der Waals surface area (Å²) in [5.74, 6) is -0.983. The molecule has 0 radical (unpaired) electrons. The van der Waals surface area contributed by atoms with E-state index < -0.39 is 22.0 Å². The summed E-state index contributed by atoms with van der Waals surface area (Å²) in [5.41, 5.74) is 2.71. The summed E-state index contributed by atoms with van der Waals surface area (Å²) in [6.45, 7) is 4.06. The summed E-state index contributed by atoms with van der Waals surface area (Å²) in [5, 5.41) is 2.87. The minimum absolute atomic E-state index is 0.0353. The van der Waals surface area contributed by atoms with Crippen LogP contribution in [0.15, 0.2) is 35.4 Å². The van der Waals surface area contributed by atoms with Gasteiger partial charge in [-0.15, -0.1) is 0 Å². The fourth-order valence-electron chi connectivity index (χ4n) is 3.49. The SMILES string of the molecule is COC(=O)c1cc(S(=O)(=O)N2CCC[C@@H]2C(=O)Nc2cc(C)ccc2C)cn1C. The van der Waals surface area contributed by atoms with Crippen LogP contribution >= 0.6 is 0 Å². The largest absolute Gasteiger partial charge is 0.464 e. The lowest BCUT2D eigenvalue weighted by Gasteiger charge is -2.23. The average Bonchev–Trinajstić information content (AvgIpc) is 3.31. The Morgan fingerprint density at radius 3 is 2.62 bits per heavy atom. The Morgan fingerprint density at radius 2 is 1.93 bits per heavy atom. The molecule has 1 fully saturated rings. The molecule has 1 N–H and O–H groups in total. The molecule has 0 spiro atoms. The molecule has 2 aromatic rings. The average molecular weight is 420 g/mol. The van der Waals surface area contributed by atoms with Crippen molar-refractivity contribution < 1.29 is 22.7 Å². The number of carbonyl (C=O) groups is 2. The van der Waals surface area contributed by atoms with Crippen molar-refractivity contribution in [2.75, 3.05) is 19.0 Å².